The van der Waals surface area contributed by atoms with Crippen molar-refractivity contribution < 1.29 is 22.0 Å². The van der Waals surface area contributed by atoms with Crippen LogP contribution in [0, 0.1) is 11.6 Å². The van der Waals surface area contributed by atoms with E-state index in [1.807, 2.05) is 0 Å². The van der Waals surface area contributed by atoms with Crippen molar-refractivity contribution in [1.82, 2.24) is 4.98 Å². The molecule has 2 nitrogen and oxygen atoms in total. The molecule has 0 bridgehead atoms. The highest BCUT2D eigenvalue weighted by Gasteiger charge is 2.27. The molecule has 0 fully saturated rings. The van der Waals surface area contributed by atoms with Gasteiger partial charge in [-0.1, -0.05) is 0 Å². The molecule has 0 spiro atoms. The summed E-state index contributed by atoms with van der Waals surface area (Å²) in [4.78, 5) is 3.36. The van der Waals surface area contributed by atoms with Gasteiger partial charge in [-0.25, -0.2) is 13.8 Å². The summed E-state index contributed by atoms with van der Waals surface area (Å²) in [6, 6.07) is 0.603. The minimum atomic E-state index is -4.31. The highest BCUT2D eigenvalue weighted by atomic mass is 32.2. The molecule has 0 aliphatic heterocycles. The van der Waals surface area contributed by atoms with Crippen molar-refractivity contribution in [2.24, 2.45) is 0 Å². The molecule has 1 N–H and O–H groups in total. The molecule has 1 heterocycles. The standard InChI is InChI=1S/C8H7F5N2S/c9-5-3-6(10)7(15-4-5)14-1-2-16-8(11,12)13/h3-4H,1-2H2,(H,14,15). The van der Waals surface area contributed by atoms with Crippen molar-refractivity contribution in [3.05, 3.63) is 23.9 Å². The maximum absolute atomic E-state index is 12.9. The van der Waals surface area contributed by atoms with E-state index in [-0.39, 0.29) is 29.9 Å². The lowest BCUT2D eigenvalue weighted by atomic mass is 10.4. The molecule has 0 aromatic carbocycles. The average molecular weight is 258 g/mol. The Morgan fingerprint density at radius 1 is 1.31 bits per heavy atom. The second-order valence-electron chi connectivity index (χ2n) is 2.70. The molecule has 1 aromatic rings. The van der Waals surface area contributed by atoms with Gasteiger partial charge in [0, 0.05) is 18.4 Å². The van der Waals surface area contributed by atoms with Gasteiger partial charge in [-0.05, 0) is 11.8 Å². The molecule has 8 heteroatoms. The highest BCUT2D eigenvalue weighted by molar-refractivity contribution is 8.00. The number of hydrogen-bond donors (Lipinski definition) is 1. The normalized spacial score (nSPS) is 11.6. The fraction of sp³-hybridized carbons (Fsp3) is 0.375. The van der Waals surface area contributed by atoms with Crippen LogP contribution < -0.4 is 5.32 Å². The third-order valence-electron chi connectivity index (χ3n) is 1.47. The molecular weight excluding hydrogens is 251 g/mol. The summed E-state index contributed by atoms with van der Waals surface area (Å²) in [5, 5.41) is 2.34. The zero-order valence-electron chi connectivity index (χ0n) is 7.81. The minimum absolute atomic E-state index is 0.111. The Labute approximate surface area is 92.2 Å². The second-order valence-corrected chi connectivity index (χ2v) is 3.86. The Morgan fingerprint density at radius 3 is 2.56 bits per heavy atom. The van der Waals surface area contributed by atoms with Gasteiger partial charge in [0.1, 0.15) is 5.82 Å². The molecule has 1 aromatic heterocycles. The van der Waals surface area contributed by atoms with Crippen LogP contribution in [0.5, 0.6) is 0 Å². The smallest absolute Gasteiger partial charge is 0.367 e. The molecule has 0 amide bonds. The number of halogens is 5. The Balaban J connectivity index is 2.38. The quantitative estimate of drug-likeness (QED) is 0.663. The fourth-order valence-corrected chi connectivity index (χ4v) is 1.32. The zero-order chi connectivity index (χ0) is 12.2. The van der Waals surface area contributed by atoms with Crippen LogP contribution in [0.2, 0.25) is 0 Å². The minimum Gasteiger partial charge on any atom is -0.367 e. The van der Waals surface area contributed by atoms with Crippen molar-refractivity contribution in [2.75, 3.05) is 17.6 Å². The predicted molar refractivity (Wildman–Crippen MR) is 51.2 cm³/mol. The Hall–Kier alpha value is -1.05. The molecule has 90 valence electrons. The van der Waals surface area contributed by atoms with Gasteiger partial charge in [0.15, 0.2) is 11.6 Å². The van der Waals surface area contributed by atoms with Crippen LogP contribution >= 0.6 is 11.8 Å². The van der Waals surface area contributed by atoms with Gasteiger partial charge in [-0.3, -0.25) is 0 Å². The van der Waals surface area contributed by atoms with Crippen LogP contribution in [0.25, 0.3) is 0 Å². The molecule has 0 radical (unpaired) electrons. The summed E-state index contributed by atoms with van der Waals surface area (Å²) >= 11 is -0.225. The summed E-state index contributed by atoms with van der Waals surface area (Å²) in [5.41, 5.74) is -4.31. The van der Waals surface area contributed by atoms with Crippen molar-refractivity contribution in [3.8, 4) is 0 Å². The van der Waals surface area contributed by atoms with Crippen molar-refractivity contribution in [2.45, 2.75) is 5.51 Å². The number of rotatable bonds is 4. The zero-order valence-corrected chi connectivity index (χ0v) is 8.63. The fourth-order valence-electron chi connectivity index (χ4n) is 0.881. The number of alkyl halides is 3. The summed E-state index contributed by atoms with van der Waals surface area (Å²) in [5.74, 6) is -2.31. The Kier molecular flexibility index (Phi) is 4.34. The number of hydrogen-bond acceptors (Lipinski definition) is 3. The maximum atomic E-state index is 12.9. The van der Waals surface area contributed by atoms with Gasteiger partial charge in [0.05, 0.1) is 6.20 Å². The first-order chi connectivity index (χ1) is 7.38. The first-order valence-electron chi connectivity index (χ1n) is 4.14. The molecule has 0 atom stereocenters. The molecule has 0 unspecified atom stereocenters. The van der Waals surface area contributed by atoms with E-state index in [1.54, 1.807) is 0 Å². The highest BCUT2D eigenvalue weighted by Crippen LogP contribution is 2.29. The van der Waals surface area contributed by atoms with Crippen molar-refractivity contribution >= 4 is 17.6 Å². The third-order valence-corrected chi connectivity index (χ3v) is 2.20. The summed E-state index contributed by atoms with van der Waals surface area (Å²) in [7, 11) is 0. The van der Waals surface area contributed by atoms with E-state index >= 15 is 0 Å². The molecular formula is C8H7F5N2S. The van der Waals surface area contributed by atoms with Crippen molar-refractivity contribution in [3.63, 3.8) is 0 Å². The van der Waals surface area contributed by atoms with Crippen LogP contribution in [0.15, 0.2) is 12.3 Å². The van der Waals surface area contributed by atoms with Gasteiger partial charge in [-0.15, -0.1) is 0 Å². The molecule has 0 aliphatic rings. The van der Waals surface area contributed by atoms with Crippen molar-refractivity contribution in [1.29, 1.82) is 0 Å². The van der Waals surface area contributed by atoms with Crippen LogP contribution in [0.4, 0.5) is 27.8 Å². The van der Waals surface area contributed by atoms with Crippen LogP contribution in [0.3, 0.4) is 0 Å². The molecule has 0 saturated heterocycles. The molecule has 0 aliphatic carbocycles. The lowest BCUT2D eigenvalue weighted by molar-refractivity contribution is -0.0327. The first-order valence-corrected chi connectivity index (χ1v) is 5.12. The van der Waals surface area contributed by atoms with Gasteiger partial charge < -0.3 is 5.32 Å². The van der Waals surface area contributed by atoms with Gasteiger partial charge >= 0.3 is 5.51 Å². The lowest BCUT2D eigenvalue weighted by Crippen LogP contribution is -2.11. The van der Waals surface area contributed by atoms with Crippen LogP contribution in [-0.4, -0.2) is 22.8 Å². The number of aromatic nitrogens is 1. The third kappa shape index (κ3) is 4.65. The van der Waals surface area contributed by atoms with E-state index in [1.165, 1.54) is 0 Å². The van der Waals surface area contributed by atoms with Gasteiger partial charge in [-0.2, -0.15) is 13.2 Å². The number of anilines is 1. The number of thioether (sulfide) groups is 1. The Bertz CT molecular complexity index is 355. The van der Waals surface area contributed by atoms with E-state index in [0.717, 1.165) is 6.20 Å². The van der Waals surface area contributed by atoms with Crippen LogP contribution in [-0.2, 0) is 0 Å². The summed E-state index contributed by atoms with van der Waals surface area (Å²) in [6.45, 7) is -0.111. The largest absolute Gasteiger partial charge is 0.441 e. The number of nitrogens with zero attached hydrogens (tertiary/aromatic N) is 1. The number of nitrogens with one attached hydrogen (secondary N) is 1. The topological polar surface area (TPSA) is 24.9 Å². The van der Waals surface area contributed by atoms with E-state index in [4.69, 9.17) is 0 Å². The lowest BCUT2D eigenvalue weighted by Gasteiger charge is -2.07. The second kappa shape index (κ2) is 5.33. The molecule has 1 rings (SSSR count). The van der Waals surface area contributed by atoms with E-state index in [0.29, 0.717) is 6.07 Å². The van der Waals surface area contributed by atoms with E-state index in [2.05, 4.69) is 10.3 Å². The molecule has 0 saturated carbocycles. The maximum Gasteiger partial charge on any atom is 0.441 e. The van der Waals surface area contributed by atoms with Gasteiger partial charge in [0.25, 0.3) is 0 Å². The van der Waals surface area contributed by atoms with E-state index < -0.39 is 17.1 Å². The SMILES string of the molecule is Fc1cnc(NCCSC(F)(F)F)c(F)c1. The summed E-state index contributed by atoms with van der Waals surface area (Å²) < 4.78 is 60.5. The first kappa shape index (κ1) is 13.0. The van der Waals surface area contributed by atoms with Crippen LogP contribution in [0.1, 0.15) is 0 Å². The van der Waals surface area contributed by atoms with E-state index in [9.17, 15) is 22.0 Å². The summed E-state index contributed by atoms with van der Waals surface area (Å²) in [6.07, 6.45) is 0.780. The average Bonchev–Trinajstić information content (AvgIpc) is 2.13. The monoisotopic (exact) mass is 258 g/mol. The predicted octanol–water partition coefficient (Wildman–Crippen LogP) is 3.02. The Morgan fingerprint density at radius 2 is 2.00 bits per heavy atom. The molecule has 16 heavy (non-hydrogen) atoms. The van der Waals surface area contributed by atoms with Gasteiger partial charge in [0.2, 0.25) is 0 Å². The number of pyridine rings is 1.